The van der Waals surface area contributed by atoms with Gasteiger partial charge in [-0.25, -0.2) is 13.1 Å². The highest BCUT2D eigenvalue weighted by Crippen LogP contribution is 2.49. The molecule has 4 heteroatoms. The Labute approximate surface area is 172 Å². The van der Waals surface area contributed by atoms with E-state index in [1.165, 1.54) is 31.2 Å². The van der Waals surface area contributed by atoms with Gasteiger partial charge in [0.05, 0.1) is 4.90 Å². The van der Waals surface area contributed by atoms with Gasteiger partial charge in [0.15, 0.2) is 0 Å². The summed E-state index contributed by atoms with van der Waals surface area (Å²) >= 11 is 0. The Morgan fingerprint density at radius 2 is 1.43 bits per heavy atom. The van der Waals surface area contributed by atoms with Gasteiger partial charge in [0.25, 0.3) is 0 Å². The molecule has 2 fully saturated rings. The molecule has 0 aromatic heterocycles. The zero-order valence-corrected chi connectivity index (χ0v) is 19.6. The lowest BCUT2D eigenvalue weighted by Crippen LogP contribution is -2.40. The lowest BCUT2D eigenvalue weighted by atomic mass is 9.84. The molecule has 4 atom stereocenters. The summed E-state index contributed by atoms with van der Waals surface area (Å²) in [7, 11) is -3.56. The van der Waals surface area contributed by atoms with Crippen LogP contribution in [-0.2, 0) is 10.0 Å². The molecule has 0 aliphatic heterocycles. The number of fused-ring (bicyclic) bond motifs is 2. The molecule has 2 saturated carbocycles. The molecular weight excluding hydrogens is 366 g/mol. The second-order valence-corrected chi connectivity index (χ2v) is 11.9. The van der Waals surface area contributed by atoms with Crippen molar-refractivity contribution in [3.8, 4) is 0 Å². The van der Waals surface area contributed by atoms with Crippen molar-refractivity contribution in [3.05, 3.63) is 28.8 Å². The van der Waals surface area contributed by atoms with Gasteiger partial charge in [-0.05, 0) is 78.4 Å². The van der Waals surface area contributed by atoms with Crippen LogP contribution in [-0.4, -0.2) is 14.5 Å². The molecule has 3 rings (SSSR count). The van der Waals surface area contributed by atoms with Crippen LogP contribution in [0.4, 0.5) is 0 Å². The first-order chi connectivity index (χ1) is 13.0. The second kappa shape index (κ2) is 8.10. The average Bonchev–Trinajstić information content (AvgIpc) is 3.23. The molecule has 1 N–H and O–H groups in total. The molecule has 1 aromatic rings. The molecule has 2 bridgehead atoms. The van der Waals surface area contributed by atoms with Gasteiger partial charge in [-0.2, -0.15) is 0 Å². The first kappa shape index (κ1) is 21.8. The molecule has 3 nitrogen and oxygen atoms in total. The normalized spacial score (nSPS) is 26.0. The van der Waals surface area contributed by atoms with Crippen LogP contribution >= 0.6 is 0 Å². The summed E-state index contributed by atoms with van der Waals surface area (Å²) in [5.74, 6) is 2.74. The van der Waals surface area contributed by atoms with E-state index >= 15 is 0 Å². The first-order valence-electron chi connectivity index (χ1n) is 11.2. The van der Waals surface area contributed by atoms with Crippen LogP contribution in [0.1, 0.15) is 109 Å². The number of benzene rings is 1. The van der Waals surface area contributed by atoms with Crippen LogP contribution in [0.3, 0.4) is 0 Å². The van der Waals surface area contributed by atoms with Gasteiger partial charge in [0.1, 0.15) is 0 Å². The van der Waals surface area contributed by atoms with Gasteiger partial charge in [0, 0.05) is 6.04 Å². The molecule has 0 spiro atoms. The SMILES string of the molecule is CC(C)c1cc(C(C)C)c(S(=O)(=O)NC(C)C2CC3CCC2C3)c(C(C)C)c1. The van der Waals surface area contributed by atoms with Gasteiger partial charge in [0.2, 0.25) is 10.0 Å². The summed E-state index contributed by atoms with van der Waals surface area (Å²) in [4.78, 5) is 0.539. The van der Waals surface area contributed by atoms with E-state index in [-0.39, 0.29) is 17.9 Å². The minimum Gasteiger partial charge on any atom is -0.208 e. The fraction of sp³-hybridized carbons (Fsp3) is 0.750. The molecule has 0 heterocycles. The van der Waals surface area contributed by atoms with E-state index in [4.69, 9.17) is 0 Å². The van der Waals surface area contributed by atoms with Crippen molar-refractivity contribution in [1.29, 1.82) is 0 Å². The Bertz CT molecular complexity index is 781. The molecule has 1 aromatic carbocycles. The van der Waals surface area contributed by atoms with E-state index in [9.17, 15) is 8.42 Å². The van der Waals surface area contributed by atoms with Crippen LogP contribution in [0.15, 0.2) is 17.0 Å². The number of hydrogen-bond acceptors (Lipinski definition) is 2. The standard InChI is InChI=1S/C24H39NO2S/c1-14(2)20-12-21(15(3)4)24(22(13-20)16(5)6)28(26,27)25-17(7)23-11-18-8-9-19(23)10-18/h12-19,23,25H,8-11H2,1-7H3. The molecule has 2 aliphatic carbocycles. The summed E-state index contributed by atoms with van der Waals surface area (Å²) in [6.45, 7) is 14.8. The Morgan fingerprint density at radius 1 is 0.857 bits per heavy atom. The zero-order valence-electron chi connectivity index (χ0n) is 18.7. The fourth-order valence-electron chi connectivity index (χ4n) is 5.50. The monoisotopic (exact) mass is 405 g/mol. The average molecular weight is 406 g/mol. The largest absolute Gasteiger partial charge is 0.241 e. The van der Waals surface area contributed by atoms with E-state index in [0.29, 0.717) is 22.6 Å². The third-order valence-corrected chi connectivity index (χ3v) is 8.82. The molecule has 2 aliphatic rings. The Kier molecular flexibility index (Phi) is 6.32. The van der Waals surface area contributed by atoms with E-state index in [1.807, 2.05) is 0 Å². The Hall–Kier alpha value is -0.870. The molecule has 158 valence electrons. The van der Waals surface area contributed by atoms with Crippen LogP contribution in [0.5, 0.6) is 0 Å². The third-order valence-electron chi connectivity index (χ3n) is 7.12. The summed E-state index contributed by atoms with van der Waals surface area (Å²) < 4.78 is 30.4. The lowest BCUT2D eigenvalue weighted by molar-refractivity contribution is 0.280. The first-order valence-corrected chi connectivity index (χ1v) is 12.7. The van der Waals surface area contributed by atoms with Crippen molar-refractivity contribution >= 4 is 10.0 Å². The third kappa shape index (κ3) is 4.18. The van der Waals surface area contributed by atoms with Gasteiger partial charge in [-0.3, -0.25) is 0 Å². The minimum atomic E-state index is -3.56. The molecule has 0 radical (unpaired) electrons. The molecule has 0 amide bonds. The number of rotatable bonds is 7. The maximum Gasteiger partial charge on any atom is 0.241 e. The zero-order chi connectivity index (χ0) is 20.8. The number of hydrogen-bond donors (Lipinski definition) is 1. The van der Waals surface area contributed by atoms with E-state index in [2.05, 4.69) is 65.3 Å². The molecular formula is C24H39NO2S. The summed E-state index contributed by atoms with van der Waals surface area (Å²) in [5.41, 5.74) is 3.15. The van der Waals surface area contributed by atoms with Crippen molar-refractivity contribution in [2.75, 3.05) is 0 Å². The molecule has 28 heavy (non-hydrogen) atoms. The Morgan fingerprint density at radius 3 is 1.82 bits per heavy atom. The van der Waals surface area contributed by atoms with E-state index < -0.39 is 10.0 Å². The summed E-state index contributed by atoms with van der Waals surface area (Å²) in [5, 5.41) is 0. The van der Waals surface area contributed by atoms with Gasteiger partial charge in [-0.15, -0.1) is 0 Å². The number of sulfonamides is 1. The second-order valence-electron chi connectivity index (χ2n) is 10.2. The highest BCUT2D eigenvalue weighted by Gasteiger charge is 2.43. The quantitative estimate of drug-likeness (QED) is 0.590. The Balaban J connectivity index is 1.99. The maximum atomic E-state index is 13.6. The van der Waals surface area contributed by atoms with Crippen molar-refractivity contribution in [2.45, 2.75) is 103 Å². The highest BCUT2D eigenvalue weighted by atomic mass is 32.2. The topological polar surface area (TPSA) is 46.2 Å². The predicted molar refractivity (Wildman–Crippen MR) is 117 cm³/mol. The summed E-state index contributed by atoms with van der Waals surface area (Å²) in [6, 6.07) is 4.25. The van der Waals surface area contributed by atoms with Crippen LogP contribution in [0, 0.1) is 17.8 Å². The van der Waals surface area contributed by atoms with Crippen LogP contribution in [0.2, 0.25) is 0 Å². The van der Waals surface area contributed by atoms with Gasteiger partial charge >= 0.3 is 0 Å². The van der Waals surface area contributed by atoms with Crippen molar-refractivity contribution in [3.63, 3.8) is 0 Å². The number of nitrogens with one attached hydrogen (secondary N) is 1. The van der Waals surface area contributed by atoms with Crippen molar-refractivity contribution in [2.24, 2.45) is 17.8 Å². The fourth-order valence-corrected chi connectivity index (χ4v) is 7.49. The van der Waals surface area contributed by atoms with Gasteiger partial charge in [-0.1, -0.05) is 60.1 Å². The smallest absolute Gasteiger partial charge is 0.208 e. The lowest BCUT2D eigenvalue weighted by Gasteiger charge is -2.30. The molecule has 4 unspecified atom stereocenters. The van der Waals surface area contributed by atoms with Crippen LogP contribution in [0.25, 0.3) is 0 Å². The van der Waals surface area contributed by atoms with Gasteiger partial charge < -0.3 is 0 Å². The van der Waals surface area contributed by atoms with Crippen LogP contribution < -0.4 is 4.72 Å². The van der Waals surface area contributed by atoms with Crippen molar-refractivity contribution < 1.29 is 8.42 Å². The molecule has 0 saturated heterocycles. The predicted octanol–water partition coefficient (Wildman–Crippen LogP) is 6.16. The maximum absolute atomic E-state index is 13.6. The van der Waals surface area contributed by atoms with Crippen molar-refractivity contribution in [1.82, 2.24) is 4.72 Å². The minimum absolute atomic E-state index is 0.00472. The van der Waals surface area contributed by atoms with E-state index in [0.717, 1.165) is 17.0 Å². The summed E-state index contributed by atoms with van der Waals surface area (Å²) in [6.07, 6.45) is 5.11. The highest BCUT2D eigenvalue weighted by molar-refractivity contribution is 7.89. The van der Waals surface area contributed by atoms with E-state index in [1.54, 1.807) is 0 Å².